The Morgan fingerprint density at radius 3 is 2.88 bits per heavy atom. The minimum Gasteiger partial charge on any atom is -0.492 e. The predicted octanol–water partition coefficient (Wildman–Crippen LogP) is 4.86. The van der Waals surface area contributed by atoms with Gasteiger partial charge in [-0.25, -0.2) is 0 Å². The first-order valence-electron chi connectivity index (χ1n) is 11.5. The molecule has 1 amide bonds. The van der Waals surface area contributed by atoms with Crippen molar-refractivity contribution in [1.82, 2.24) is 9.88 Å². The number of nitrogens with zero attached hydrogens (tertiary/aromatic N) is 2. The molecule has 0 atom stereocenters. The zero-order chi connectivity index (χ0) is 22.8. The van der Waals surface area contributed by atoms with Gasteiger partial charge in [-0.1, -0.05) is 17.7 Å². The van der Waals surface area contributed by atoms with E-state index in [-0.39, 0.29) is 12.5 Å². The minimum atomic E-state index is -0.0897. The number of aromatic nitrogens is 1. The van der Waals surface area contributed by atoms with E-state index in [0.717, 1.165) is 72.7 Å². The molecule has 5 rings (SSSR count). The molecule has 33 heavy (non-hydrogen) atoms. The fourth-order valence-corrected chi connectivity index (χ4v) is 4.88. The Balaban J connectivity index is 1.11. The predicted molar refractivity (Wildman–Crippen MR) is 130 cm³/mol. The molecule has 0 saturated carbocycles. The van der Waals surface area contributed by atoms with Crippen LogP contribution in [0.25, 0.3) is 10.9 Å². The summed E-state index contributed by atoms with van der Waals surface area (Å²) in [5.41, 5.74) is 3.78. The molecule has 0 spiro atoms. The van der Waals surface area contributed by atoms with Gasteiger partial charge in [0.25, 0.3) is 5.91 Å². The van der Waals surface area contributed by atoms with Crippen LogP contribution in [0, 0.1) is 12.8 Å². The summed E-state index contributed by atoms with van der Waals surface area (Å²) in [5, 5.41) is 4.51. The Labute approximate surface area is 198 Å². The maximum atomic E-state index is 11.6. The average molecular weight is 466 g/mol. The van der Waals surface area contributed by atoms with Crippen LogP contribution in [0.5, 0.6) is 11.5 Å². The maximum absolute atomic E-state index is 11.6. The molecule has 0 aliphatic carbocycles. The molecule has 1 aromatic heterocycles. The summed E-state index contributed by atoms with van der Waals surface area (Å²) in [6, 6.07) is 13.9. The lowest BCUT2D eigenvalue weighted by Gasteiger charge is -2.32. The number of hydrogen-bond donors (Lipinski definition) is 1. The molecule has 1 fully saturated rings. The van der Waals surface area contributed by atoms with Gasteiger partial charge in [0, 0.05) is 17.6 Å². The van der Waals surface area contributed by atoms with Crippen molar-refractivity contribution >= 4 is 34.1 Å². The number of nitrogens with one attached hydrogen (secondary N) is 1. The zero-order valence-corrected chi connectivity index (χ0v) is 19.5. The molecule has 7 heteroatoms. The lowest BCUT2D eigenvalue weighted by molar-refractivity contribution is -0.118. The zero-order valence-electron chi connectivity index (χ0n) is 18.8. The lowest BCUT2D eigenvalue weighted by atomic mass is 9.90. The minimum absolute atomic E-state index is 0.0897. The molecule has 1 N–H and O–H groups in total. The van der Waals surface area contributed by atoms with Crippen molar-refractivity contribution in [1.29, 1.82) is 0 Å². The summed E-state index contributed by atoms with van der Waals surface area (Å²) in [5.74, 6) is 2.15. The van der Waals surface area contributed by atoms with Crippen molar-refractivity contribution in [2.24, 2.45) is 5.92 Å². The van der Waals surface area contributed by atoms with Crippen LogP contribution in [0.15, 0.2) is 42.5 Å². The van der Waals surface area contributed by atoms with E-state index in [1.807, 2.05) is 37.3 Å². The van der Waals surface area contributed by atoms with E-state index in [4.69, 9.17) is 21.1 Å². The topological polar surface area (TPSA) is 63.7 Å². The lowest BCUT2D eigenvalue weighted by Crippen LogP contribution is -2.37. The van der Waals surface area contributed by atoms with Crippen molar-refractivity contribution in [3.05, 3.63) is 58.7 Å². The van der Waals surface area contributed by atoms with Gasteiger partial charge in [-0.2, -0.15) is 0 Å². The van der Waals surface area contributed by atoms with Crippen LogP contribution < -0.4 is 14.8 Å². The van der Waals surface area contributed by atoms with Crippen LogP contribution in [0.2, 0.25) is 5.02 Å². The highest BCUT2D eigenvalue weighted by atomic mass is 35.5. The summed E-state index contributed by atoms with van der Waals surface area (Å²) in [6.45, 7) is 5.74. The van der Waals surface area contributed by atoms with E-state index >= 15 is 0 Å². The second-order valence-corrected chi connectivity index (χ2v) is 9.31. The summed E-state index contributed by atoms with van der Waals surface area (Å²) in [7, 11) is 0. The number of fused-ring (bicyclic) bond motifs is 2. The first-order chi connectivity index (χ1) is 16.0. The van der Waals surface area contributed by atoms with Crippen LogP contribution in [-0.2, 0) is 11.2 Å². The van der Waals surface area contributed by atoms with Gasteiger partial charge >= 0.3 is 0 Å². The van der Waals surface area contributed by atoms with E-state index in [2.05, 4.69) is 27.3 Å². The number of ether oxygens (including phenoxy) is 2. The van der Waals surface area contributed by atoms with E-state index in [0.29, 0.717) is 17.5 Å². The number of carbonyl (C=O) groups excluding carboxylic acids is 1. The fourth-order valence-electron chi connectivity index (χ4n) is 4.67. The highest BCUT2D eigenvalue weighted by Crippen LogP contribution is 2.32. The van der Waals surface area contributed by atoms with E-state index < -0.39 is 0 Å². The summed E-state index contributed by atoms with van der Waals surface area (Å²) < 4.78 is 11.6. The third-order valence-corrected chi connectivity index (χ3v) is 6.79. The van der Waals surface area contributed by atoms with Crippen molar-refractivity contribution in [2.45, 2.75) is 26.2 Å². The Kier molecular flexibility index (Phi) is 6.38. The van der Waals surface area contributed by atoms with E-state index in [1.54, 1.807) is 0 Å². The van der Waals surface area contributed by atoms with Crippen LogP contribution >= 0.6 is 11.6 Å². The number of anilines is 1. The highest BCUT2D eigenvalue weighted by molar-refractivity contribution is 6.35. The van der Waals surface area contributed by atoms with Gasteiger partial charge in [0.15, 0.2) is 6.61 Å². The normalized spacial score (nSPS) is 16.8. The second-order valence-electron chi connectivity index (χ2n) is 8.90. The van der Waals surface area contributed by atoms with Gasteiger partial charge in [0.2, 0.25) is 0 Å². The average Bonchev–Trinajstić information content (AvgIpc) is 2.81. The van der Waals surface area contributed by atoms with Gasteiger partial charge in [-0.3, -0.25) is 14.7 Å². The molecule has 3 aromatic rings. The smallest absolute Gasteiger partial charge is 0.262 e. The third-order valence-electron chi connectivity index (χ3n) is 6.48. The quantitative estimate of drug-likeness (QED) is 0.563. The highest BCUT2D eigenvalue weighted by Gasteiger charge is 2.21. The Morgan fingerprint density at radius 2 is 2.03 bits per heavy atom. The van der Waals surface area contributed by atoms with Gasteiger partial charge in [0.1, 0.15) is 18.1 Å². The molecule has 2 aromatic carbocycles. The van der Waals surface area contributed by atoms with Crippen molar-refractivity contribution in [2.75, 3.05) is 38.2 Å². The molecule has 1 saturated heterocycles. The third kappa shape index (κ3) is 5.07. The molecule has 2 aliphatic rings. The monoisotopic (exact) mass is 465 g/mol. The molecule has 0 unspecified atom stereocenters. The van der Waals surface area contributed by atoms with Crippen LogP contribution in [0.3, 0.4) is 0 Å². The Hall–Kier alpha value is -2.83. The SMILES string of the molecule is Cc1ccc2c(OCCN3CCC(Cc4ccc5c(c4)NC(=O)CO5)CC3)ccc(Cl)c2n1. The van der Waals surface area contributed by atoms with Gasteiger partial charge in [-0.15, -0.1) is 0 Å². The van der Waals surface area contributed by atoms with Gasteiger partial charge in [0.05, 0.1) is 16.2 Å². The number of benzene rings is 2. The van der Waals surface area contributed by atoms with Crippen LogP contribution in [0.4, 0.5) is 5.69 Å². The van der Waals surface area contributed by atoms with Crippen molar-refractivity contribution in [3.8, 4) is 11.5 Å². The van der Waals surface area contributed by atoms with Gasteiger partial charge < -0.3 is 14.8 Å². The number of hydrogen-bond acceptors (Lipinski definition) is 5. The number of carbonyl (C=O) groups is 1. The Bertz CT molecular complexity index is 1170. The number of pyridine rings is 1. The summed E-state index contributed by atoms with van der Waals surface area (Å²) >= 11 is 6.32. The molecule has 2 aliphatic heterocycles. The number of halogens is 1. The molecular formula is C26H28ClN3O3. The molecular weight excluding hydrogens is 438 g/mol. The Morgan fingerprint density at radius 1 is 1.18 bits per heavy atom. The molecule has 6 nitrogen and oxygen atoms in total. The molecule has 172 valence electrons. The van der Waals surface area contributed by atoms with Crippen molar-refractivity contribution < 1.29 is 14.3 Å². The first-order valence-corrected chi connectivity index (χ1v) is 11.9. The largest absolute Gasteiger partial charge is 0.492 e. The van der Waals surface area contributed by atoms with Crippen LogP contribution in [0.1, 0.15) is 24.1 Å². The van der Waals surface area contributed by atoms with E-state index in [1.165, 1.54) is 5.56 Å². The number of aryl methyl sites for hydroxylation is 1. The molecule has 0 bridgehead atoms. The number of amides is 1. The standard InChI is InChI=1S/C26H28ClN3O3/c1-17-2-4-20-23(7-5-21(27)26(20)28-17)32-13-12-30-10-8-18(9-11-30)14-19-3-6-24-22(15-19)29-25(31)16-33-24/h2-7,15,18H,8-14,16H2,1H3,(H,29,31). The number of piperidine rings is 1. The molecule has 3 heterocycles. The first kappa shape index (κ1) is 22.0. The summed E-state index contributed by atoms with van der Waals surface area (Å²) in [4.78, 5) is 18.6. The second kappa shape index (κ2) is 9.57. The summed E-state index contributed by atoms with van der Waals surface area (Å²) in [6.07, 6.45) is 3.34. The number of rotatable bonds is 6. The van der Waals surface area contributed by atoms with Crippen molar-refractivity contribution in [3.63, 3.8) is 0 Å². The fraction of sp³-hybridized carbons (Fsp3) is 0.385. The van der Waals surface area contributed by atoms with Gasteiger partial charge in [-0.05, 0) is 87.2 Å². The molecule has 0 radical (unpaired) electrons. The number of likely N-dealkylation sites (tertiary alicyclic amines) is 1. The van der Waals surface area contributed by atoms with Crippen LogP contribution in [-0.4, -0.2) is 48.6 Å². The van der Waals surface area contributed by atoms with E-state index in [9.17, 15) is 4.79 Å². The maximum Gasteiger partial charge on any atom is 0.262 e.